The second kappa shape index (κ2) is 8.62. The first kappa shape index (κ1) is 22.0. The van der Waals surface area contributed by atoms with Crippen LogP contribution in [0.4, 0.5) is 14.5 Å². The summed E-state index contributed by atoms with van der Waals surface area (Å²) in [5, 5.41) is 10.1. The van der Waals surface area contributed by atoms with Crippen molar-refractivity contribution < 1.29 is 32.8 Å². The second-order valence-corrected chi connectivity index (χ2v) is 8.94. The van der Waals surface area contributed by atoms with Gasteiger partial charge in [0.1, 0.15) is 40.5 Å². The van der Waals surface area contributed by atoms with Gasteiger partial charge in [0.25, 0.3) is 0 Å². The summed E-state index contributed by atoms with van der Waals surface area (Å²) in [7, 11) is 0. The number of rotatable bonds is 4. The number of aromatic amines is 1. The molecule has 0 aliphatic carbocycles. The van der Waals surface area contributed by atoms with E-state index in [-0.39, 0.29) is 35.4 Å². The molecule has 2 unspecified atom stereocenters. The summed E-state index contributed by atoms with van der Waals surface area (Å²) < 4.78 is 52.5. The number of fused-ring (bicyclic) bond motifs is 2. The van der Waals surface area contributed by atoms with E-state index in [0.717, 1.165) is 0 Å². The largest absolute Gasteiger partial charge is 0.469 e. The molecule has 0 radical (unpaired) electrons. The van der Waals surface area contributed by atoms with Gasteiger partial charge in [-0.2, -0.15) is 0 Å². The number of halogens is 3. The van der Waals surface area contributed by atoms with Crippen LogP contribution in [0.3, 0.4) is 0 Å². The van der Waals surface area contributed by atoms with E-state index in [9.17, 15) is 5.11 Å². The van der Waals surface area contributed by atoms with Gasteiger partial charge in [-0.05, 0) is 24.3 Å². The first-order valence-electron chi connectivity index (χ1n) is 11.1. The summed E-state index contributed by atoms with van der Waals surface area (Å²) in [5.41, 5.74) is 1.24. The van der Waals surface area contributed by atoms with Crippen LogP contribution < -0.4 is 9.64 Å². The molecule has 4 atom stereocenters. The first-order chi connectivity index (χ1) is 16.5. The molecule has 3 saturated heterocycles. The molecule has 2 N–H and O–H groups in total. The summed E-state index contributed by atoms with van der Waals surface area (Å²) in [4.78, 5) is 9.35. The molecule has 6 rings (SSSR count). The number of ether oxygens (including phenoxy) is 4. The van der Waals surface area contributed by atoms with Crippen LogP contribution in [0.15, 0.2) is 24.3 Å². The molecule has 3 aromatic rings. The van der Waals surface area contributed by atoms with Crippen molar-refractivity contribution in [1.29, 1.82) is 0 Å². The smallest absolute Gasteiger partial charge is 0.213 e. The van der Waals surface area contributed by atoms with Gasteiger partial charge in [-0.3, -0.25) is 0 Å². The number of aromatic nitrogens is 2. The van der Waals surface area contributed by atoms with Gasteiger partial charge in [0.15, 0.2) is 6.10 Å². The molecule has 8 nitrogen and oxygen atoms in total. The standard InChI is InChI=1S/C23H22ClF2N3O5/c24-19-20-15(28-23(19)34-17-10-33-21-16(30)9-32-22(17)21)2-1-14(27-20)18-12(25)7-11(8-13(18)26)29-3-5-31-6-4-29/h1-2,7-8,16-17,21-22,28,30H,3-6,9-10H2/t16-,17-,21?,22?/m1/s1. The molecule has 5 heterocycles. The fourth-order valence-corrected chi connectivity index (χ4v) is 4.97. The number of pyridine rings is 1. The maximum Gasteiger partial charge on any atom is 0.213 e. The molecule has 34 heavy (non-hydrogen) atoms. The van der Waals surface area contributed by atoms with Crippen LogP contribution in [0.2, 0.25) is 5.02 Å². The zero-order valence-corrected chi connectivity index (χ0v) is 18.7. The molecule has 0 spiro atoms. The average Bonchev–Trinajstić information content (AvgIpc) is 3.50. The van der Waals surface area contributed by atoms with Crippen molar-refractivity contribution in [1.82, 2.24) is 9.97 Å². The van der Waals surface area contributed by atoms with E-state index < -0.39 is 36.1 Å². The Hall–Kier alpha value is -2.50. The van der Waals surface area contributed by atoms with Crippen LogP contribution in [-0.2, 0) is 14.2 Å². The Balaban J connectivity index is 1.29. The fourth-order valence-electron chi connectivity index (χ4n) is 4.74. The summed E-state index contributed by atoms with van der Waals surface area (Å²) in [5.74, 6) is -1.16. The number of aliphatic hydroxyl groups excluding tert-OH is 1. The van der Waals surface area contributed by atoms with Crippen LogP contribution in [0.5, 0.6) is 5.88 Å². The van der Waals surface area contributed by atoms with E-state index in [1.807, 2.05) is 4.90 Å². The molecule has 0 bridgehead atoms. The maximum atomic E-state index is 15.0. The molecule has 2 aromatic heterocycles. The minimum absolute atomic E-state index is 0.120. The Labute approximate surface area is 198 Å². The molecule has 11 heteroatoms. The third-order valence-electron chi connectivity index (χ3n) is 6.46. The van der Waals surface area contributed by atoms with Gasteiger partial charge < -0.3 is 33.9 Å². The molecule has 3 aliphatic rings. The van der Waals surface area contributed by atoms with E-state index >= 15 is 8.78 Å². The zero-order chi connectivity index (χ0) is 23.4. The lowest BCUT2D eigenvalue weighted by Crippen LogP contribution is -2.36. The highest BCUT2D eigenvalue weighted by Crippen LogP contribution is 2.38. The van der Waals surface area contributed by atoms with Crippen LogP contribution in [-0.4, -0.2) is 79.0 Å². The molecule has 180 valence electrons. The zero-order valence-electron chi connectivity index (χ0n) is 18.0. The number of hydrogen-bond donors (Lipinski definition) is 2. The predicted octanol–water partition coefficient (Wildman–Crippen LogP) is 2.90. The van der Waals surface area contributed by atoms with E-state index in [4.69, 9.17) is 30.5 Å². The Morgan fingerprint density at radius 1 is 1.09 bits per heavy atom. The van der Waals surface area contributed by atoms with Gasteiger partial charge in [0, 0.05) is 18.8 Å². The molecular formula is C23H22ClF2N3O5. The average molecular weight is 494 g/mol. The third-order valence-corrected chi connectivity index (χ3v) is 6.81. The quantitative estimate of drug-likeness (QED) is 0.577. The van der Waals surface area contributed by atoms with Gasteiger partial charge in [-0.15, -0.1) is 0 Å². The highest BCUT2D eigenvalue weighted by molar-refractivity contribution is 6.36. The Bertz CT molecular complexity index is 1210. The van der Waals surface area contributed by atoms with Gasteiger partial charge in [-0.1, -0.05) is 11.6 Å². The number of morpholine rings is 1. The summed E-state index contributed by atoms with van der Waals surface area (Å²) in [6.45, 7) is 2.59. The number of hydrogen-bond acceptors (Lipinski definition) is 7. The van der Waals surface area contributed by atoms with E-state index in [0.29, 0.717) is 43.0 Å². The van der Waals surface area contributed by atoms with E-state index in [2.05, 4.69) is 9.97 Å². The minimum atomic E-state index is -0.706. The van der Waals surface area contributed by atoms with Gasteiger partial charge >= 0.3 is 0 Å². The van der Waals surface area contributed by atoms with Crippen LogP contribution in [0, 0.1) is 11.6 Å². The first-order valence-corrected chi connectivity index (χ1v) is 11.5. The van der Waals surface area contributed by atoms with Crippen molar-refractivity contribution in [3.8, 4) is 17.1 Å². The number of anilines is 1. The molecule has 3 aliphatic heterocycles. The van der Waals surface area contributed by atoms with Crippen LogP contribution >= 0.6 is 11.6 Å². The number of nitrogens with zero attached hydrogens (tertiary/aromatic N) is 2. The highest BCUT2D eigenvalue weighted by atomic mass is 35.5. The minimum Gasteiger partial charge on any atom is -0.469 e. The topological polar surface area (TPSA) is 89.1 Å². The van der Waals surface area contributed by atoms with Gasteiger partial charge in [-0.25, -0.2) is 13.8 Å². The van der Waals surface area contributed by atoms with Crippen molar-refractivity contribution in [2.75, 3.05) is 44.4 Å². The van der Waals surface area contributed by atoms with Gasteiger partial charge in [0.05, 0.1) is 43.2 Å². The lowest BCUT2D eigenvalue weighted by molar-refractivity contribution is 0.00796. The van der Waals surface area contributed by atoms with Crippen molar-refractivity contribution in [3.05, 3.63) is 40.9 Å². The summed E-state index contributed by atoms with van der Waals surface area (Å²) in [6, 6.07) is 5.81. The maximum absolute atomic E-state index is 15.0. The molecule has 3 fully saturated rings. The lowest BCUT2D eigenvalue weighted by atomic mass is 10.1. The lowest BCUT2D eigenvalue weighted by Gasteiger charge is -2.29. The number of benzene rings is 1. The van der Waals surface area contributed by atoms with Crippen molar-refractivity contribution in [3.63, 3.8) is 0 Å². The molecule has 1 aromatic carbocycles. The normalized spacial score (nSPS) is 26.9. The Morgan fingerprint density at radius 3 is 2.59 bits per heavy atom. The summed E-state index contributed by atoms with van der Waals surface area (Å²) >= 11 is 6.52. The van der Waals surface area contributed by atoms with Crippen LogP contribution in [0.25, 0.3) is 22.3 Å². The van der Waals surface area contributed by atoms with E-state index in [1.54, 1.807) is 6.07 Å². The van der Waals surface area contributed by atoms with E-state index in [1.165, 1.54) is 18.2 Å². The number of aliphatic hydroxyl groups is 1. The van der Waals surface area contributed by atoms with Crippen molar-refractivity contribution in [2.45, 2.75) is 24.4 Å². The number of H-pyrrole nitrogens is 1. The molecule has 0 amide bonds. The SMILES string of the molecule is O[C@@H]1COC2C1OC[C@H]2Oc1[nH]c2ccc(-c3c(F)cc(N4CCOCC4)cc3F)nc2c1Cl. The monoisotopic (exact) mass is 493 g/mol. The van der Waals surface area contributed by atoms with Gasteiger partial charge in [0.2, 0.25) is 5.88 Å². The van der Waals surface area contributed by atoms with Crippen LogP contribution in [0.1, 0.15) is 0 Å². The second-order valence-electron chi connectivity index (χ2n) is 8.56. The molecular weight excluding hydrogens is 472 g/mol. The molecule has 0 saturated carbocycles. The number of nitrogens with one attached hydrogen (secondary N) is 1. The van der Waals surface area contributed by atoms with Crippen molar-refractivity contribution >= 4 is 28.3 Å². The highest BCUT2D eigenvalue weighted by Gasteiger charge is 2.48. The third kappa shape index (κ3) is 3.70. The summed E-state index contributed by atoms with van der Waals surface area (Å²) in [6.07, 6.45) is -2.01. The Kier molecular flexibility index (Phi) is 5.57. The predicted molar refractivity (Wildman–Crippen MR) is 119 cm³/mol. The van der Waals surface area contributed by atoms with Crippen molar-refractivity contribution in [2.24, 2.45) is 0 Å². The Morgan fingerprint density at radius 2 is 1.82 bits per heavy atom. The fraction of sp³-hybridized carbons (Fsp3) is 0.435.